The van der Waals surface area contributed by atoms with E-state index in [2.05, 4.69) is 40.4 Å². The molecule has 0 saturated carbocycles. The molecule has 0 bridgehead atoms. The Labute approximate surface area is 159 Å². The van der Waals surface area contributed by atoms with Crippen LogP contribution in [-0.4, -0.2) is 16.2 Å². The normalized spacial score (nSPS) is 12.2. The molecular formula is C21H24N6. The molecule has 3 aromatic rings. The minimum atomic E-state index is 0.295. The molecule has 1 heterocycles. The van der Waals surface area contributed by atoms with Crippen LogP contribution in [-0.2, 0) is 6.54 Å². The number of hydrogen-bond donors (Lipinski definition) is 4. The number of aromatic amines is 1. The quantitative estimate of drug-likeness (QED) is 0.414. The van der Waals surface area contributed by atoms with E-state index in [1.165, 1.54) is 11.8 Å². The second-order valence-electron chi connectivity index (χ2n) is 6.30. The summed E-state index contributed by atoms with van der Waals surface area (Å²) in [5.74, 6) is 0.295. The summed E-state index contributed by atoms with van der Waals surface area (Å²) in [5, 5.41) is 10.4. The van der Waals surface area contributed by atoms with E-state index < -0.39 is 0 Å². The molecule has 0 radical (unpaired) electrons. The molecule has 6 heteroatoms. The van der Waals surface area contributed by atoms with Crippen LogP contribution in [0.1, 0.15) is 22.4 Å². The van der Waals surface area contributed by atoms with Crippen molar-refractivity contribution in [1.82, 2.24) is 15.5 Å². The van der Waals surface area contributed by atoms with Crippen molar-refractivity contribution >= 4 is 11.7 Å². The molecule has 0 aliphatic carbocycles. The van der Waals surface area contributed by atoms with Gasteiger partial charge in [0.25, 0.3) is 0 Å². The van der Waals surface area contributed by atoms with E-state index in [9.17, 15) is 0 Å². The lowest BCUT2D eigenvalue weighted by atomic mass is 10.0. The van der Waals surface area contributed by atoms with E-state index in [-0.39, 0.29) is 0 Å². The van der Waals surface area contributed by atoms with Gasteiger partial charge in [0.1, 0.15) is 0 Å². The molecule has 6 nitrogen and oxygen atoms in total. The third kappa shape index (κ3) is 4.36. The summed E-state index contributed by atoms with van der Waals surface area (Å²) < 4.78 is 0. The first-order valence-corrected chi connectivity index (χ1v) is 8.73. The number of benzene rings is 2. The fourth-order valence-electron chi connectivity index (χ4n) is 2.79. The summed E-state index contributed by atoms with van der Waals surface area (Å²) in [6.07, 6.45) is 1.51. The van der Waals surface area contributed by atoms with Gasteiger partial charge in [-0.2, -0.15) is 5.10 Å². The molecule has 138 valence electrons. The molecule has 0 fully saturated rings. The van der Waals surface area contributed by atoms with E-state index in [1.54, 1.807) is 0 Å². The third-order valence-corrected chi connectivity index (χ3v) is 4.44. The standard InChI is InChI=1S/C21H24N6/c1-14-7-6-10-18(15(14)2)20(12-22)25-21(23)24-13-17-11-19(27-26-17)16-8-4-3-5-9-16/h3-12H,13,22H2,1-2H3,(H,26,27)(H3,23,24,25)/b20-12-. The zero-order valence-electron chi connectivity index (χ0n) is 15.5. The Hall–Kier alpha value is -3.54. The van der Waals surface area contributed by atoms with Gasteiger partial charge < -0.3 is 16.8 Å². The number of H-pyrrole nitrogens is 1. The third-order valence-electron chi connectivity index (χ3n) is 4.44. The van der Waals surface area contributed by atoms with Crippen molar-refractivity contribution in [2.75, 3.05) is 0 Å². The van der Waals surface area contributed by atoms with Crippen LogP contribution in [0.4, 0.5) is 0 Å². The van der Waals surface area contributed by atoms with E-state index in [0.29, 0.717) is 12.5 Å². The smallest absolute Gasteiger partial charge is 0.193 e. The van der Waals surface area contributed by atoms with Crippen LogP contribution >= 0.6 is 0 Å². The van der Waals surface area contributed by atoms with Gasteiger partial charge in [0.15, 0.2) is 5.96 Å². The average Bonchev–Trinajstić information content (AvgIpc) is 3.17. The first-order valence-electron chi connectivity index (χ1n) is 8.73. The average molecular weight is 360 g/mol. The van der Waals surface area contributed by atoms with Gasteiger partial charge in [-0.25, -0.2) is 4.99 Å². The predicted octanol–water partition coefficient (Wildman–Crippen LogP) is 3.06. The fourth-order valence-corrected chi connectivity index (χ4v) is 2.79. The molecule has 2 aromatic carbocycles. The maximum absolute atomic E-state index is 6.05. The number of nitrogens with zero attached hydrogens (tertiary/aromatic N) is 2. The van der Waals surface area contributed by atoms with Crippen molar-refractivity contribution in [3.63, 3.8) is 0 Å². The Morgan fingerprint density at radius 3 is 2.67 bits per heavy atom. The largest absolute Gasteiger partial charge is 0.403 e. The summed E-state index contributed by atoms with van der Waals surface area (Å²) >= 11 is 0. The molecule has 1 aromatic heterocycles. The molecule has 6 N–H and O–H groups in total. The van der Waals surface area contributed by atoms with Crippen LogP contribution in [0.15, 0.2) is 65.8 Å². The SMILES string of the molecule is Cc1cccc(/C(=C/N)NC(N)=NCc2cc(-c3ccccc3)n[nH]2)c1C. The van der Waals surface area contributed by atoms with Crippen molar-refractivity contribution in [3.8, 4) is 11.3 Å². The highest BCUT2D eigenvalue weighted by molar-refractivity contribution is 5.88. The number of hydrogen-bond acceptors (Lipinski definition) is 3. The summed E-state index contributed by atoms with van der Waals surface area (Å²) in [6, 6.07) is 18.0. The second-order valence-corrected chi connectivity index (χ2v) is 6.30. The second kappa shape index (κ2) is 8.23. The Morgan fingerprint density at radius 2 is 1.93 bits per heavy atom. The molecule has 0 atom stereocenters. The zero-order valence-corrected chi connectivity index (χ0v) is 15.5. The van der Waals surface area contributed by atoms with Crippen LogP contribution in [0, 0.1) is 13.8 Å². The van der Waals surface area contributed by atoms with Gasteiger partial charge in [0, 0.05) is 17.3 Å². The molecule has 0 saturated heterocycles. The molecule has 0 amide bonds. The number of guanidine groups is 1. The van der Waals surface area contributed by atoms with Crippen molar-refractivity contribution in [2.24, 2.45) is 16.5 Å². The van der Waals surface area contributed by atoms with E-state index in [0.717, 1.165) is 33.8 Å². The van der Waals surface area contributed by atoms with Gasteiger partial charge in [0.2, 0.25) is 0 Å². The lowest BCUT2D eigenvalue weighted by molar-refractivity contribution is 0.938. The van der Waals surface area contributed by atoms with Crippen LogP contribution in [0.3, 0.4) is 0 Å². The summed E-state index contributed by atoms with van der Waals surface area (Å²) in [4.78, 5) is 4.38. The Bertz CT molecular complexity index is 969. The number of aromatic nitrogens is 2. The molecule has 3 rings (SSSR count). The van der Waals surface area contributed by atoms with Crippen LogP contribution in [0.25, 0.3) is 17.0 Å². The lowest BCUT2D eigenvalue weighted by Gasteiger charge is -2.14. The molecule has 0 spiro atoms. The highest BCUT2D eigenvalue weighted by Crippen LogP contribution is 2.19. The fraction of sp³-hybridized carbons (Fsp3) is 0.143. The maximum atomic E-state index is 6.05. The number of aliphatic imine (C=N–C) groups is 1. The first-order chi connectivity index (χ1) is 13.1. The molecule has 0 aliphatic rings. The first kappa shape index (κ1) is 18.3. The van der Waals surface area contributed by atoms with Crippen LogP contribution < -0.4 is 16.8 Å². The Balaban J connectivity index is 1.69. The highest BCUT2D eigenvalue weighted by atomic mass is 15.1. The predicted molar refractivity (Wildman–Crippen MR) is 111 cm³/mol. The summed E-state index contributed by atoms with van der Waals surface area (Å²) in [7, 11) is 0. The minimum Gasteiger partial charge on any atom is -0.403 e. The zero-order chi connectivity index (χ0) is 19.2. The number of nitrogens with two attached hydrogens (primary N) is 2. The van der Waals surface area contributed by atoms with Gasteiger partial charge in [-0.3, -0.25) is 5.10 Å². The van der Waals surface area contributed by atoms with E-state index in [4.69, 9.17) is 11.5 Å². The molecular weight excluding hydrogens is 336 g/mol. The van der Waals surface area contributed by atoms with Crippen molar-refractivity contribution < 1.29 is 0 Å². The minimum absolute atomic E-state index is 0.295. The lowest BCUT2D eigenvalue weighted by Crippen LogP contribution is -2.31. The Kier molecular flexibility index (Phi) is 5.56. The van der Waals surface area contributed by atoms with E-state index >= 15 is 0 Å². The van der Waals surface area contributed by atoms with Gasteiger partial charge in [0.05, 0.1) is 23.6 Å². The molecule has 0 unspecified atom stereocenters. The monoisotopic (exact) mass is 360 g/mol. The van der Waals surface area contributed by atoms with Gasteiger partial charge in [-0.1, -0.05) is 48.5 Å². The topological polar surface area (TPSA) is 105 Å². The van der Waals surface area contributed by atoms with E-state index in [1.807, 2.05) is 48.5 Å². The van der Waals surface area contributed by atoms with Crippen molar-refractivity contribution in [2.45, 2.75) is 20.4 Å². The summed E-state index contributed by atoms with van der Waals surface area (Å²) in [5.41, 5.74) is 18.7. The van der Waals surface area contributed by atoms with Gasteiger partial charge in [-0.05, 0) is 31.0 Å². The number of aryl methyl sites for hydroxylation is 1. The Morgan fingerprint density at radius 1 is 1.15 bits per heavy atom. The van der Waals surface area contributed by atoms with Crippen molar-refractivity contribution in [3.05, 3.63) is 83.2 Å². The van der Waals surface area contributed by atoms with Gasteiger partial charge >= 0.3 is 0 Å². The van der Waals surface area contributed by atoms with Gasteiger partial charge in [-0.15, -0.1) is 0 Å². The molecule has 0 aliphatic heterocycles. The van der Waals surface area contributed by atoms with Crippen LogP contribution in [0.5, 0.6) is 0 Å². The number of nitrogens with one attached hydrogen (secondary N) is 2. The number of rotatable bonds is 5. The molecule has 27 heavy (non-hydrogen) atoms. The maximum Gasteiger partial charge on any atom is 0.193 e. The van der Waals surface area contributed by atoms with Crippen LogP contribution in [0.2, 0.25) is 0 Å². The highest BCUT2D eigenvalue weighted by Gasteiger charge is 2.08. The summed E-state index contributed by atoms with van der Waals surface area (Å²) in [6.45, 7) is 4.51. The van der Waals surface area contributed by atoms with Crippen molar-refractivity contribution in [1.29, 1.82) is 0 Å².